The van der Waals surface area contributed by atoms with Crippen LogP contribution in [0.1, 0.15) is 34.6 Å². The lowest BCUT2D eigenvalue weighted by molar-refractivity contribution is -0.143. The first-order valence-corrected chi connectivity index (χ1v) is 5.90. The second kappa shape index (κ2) is 4.42. The highest BCUT2D eigenvalue weighted by atomic mass is 16.6. The summed E-state index contributed by atoms with van der Waals surface area (Å²) in [4.78, 5) is 24.2. The van der Waals surface area contributed by atoms with Gasteiger partial charge in [-0.05, 0) is 27.7 Å². The van der Waals surface area contributed by atoms with E-state index < -0.39 is 35.2 Å². The number of carbonyl (C=O) groups is 2. The van der Waals surface area contributed by atoms with Crippen LogP contribution in [0, 0.1) is 5.92 Å². The highest BCUT2D eigenvalue weighted by Gasteiger charge is 2.52. The van der Waals surface area contributed by atoms with Crippen LogP contribution in [-0.2, 0) is 9.53 Å². The van der Waals surface area contributed by atoms with E-state index in [0.717, 1.165) is 4.90 Å². The smallest absolute Gasteiger partial charge is 0.411 e. The lowest BCUT2D eigenvalue weighted by Gasteiger charge is -2.27. The van der Waals surface area contributed by atoms with Gasteiger partial charge in [-0.15, -0.1) is 0 Å². The number of aliphatic carboxylic acids is 1. The lowest BCUT2D eigenvalue weighted by Crippen LogP contribution is -2.45. The minimum atomic E-state index is -1.22. The number of amides is 1. The van der Waals surface area contributed by atoms with Gasteiger partial charge in [0.2, 0.25) is 0 Å². The zero-order valence-corrected chi connectivity index (χ0v) is 11.4. The summed E-state index contributed by atoms with van der Waals surface area (Å²) in [6.07, 6.45) is -0.709. The molecule has 1 heterocycles. The molecule has 0 radical (unpaired) electrons. The van der Waals surface area contributed by atoms with E-state index in [1.165, 1.54) is 6.92 Å². The first-order valence-electron chi connectivity index (χ1n) is 5.90. The summed E-state index contributed by atoms with van der Waals surface area (Å²) >= 11 is 0. The Kier molecular flexibility index (Phi) is 3.63. The van der Waals surface area contributed by atoms with Gasteiger partial charge in [-0.3, -0.25) is 4.90 Å². The van der Waals surface area contributed by atoms with Crippen molar-refractivity contribution in [2.45, 2.75) is 51.9 Å². The Balaban J connectivity index is 2.94. The highest BCUT2D eigenvalue weighted by Crippen LogP contribution is 2.34. The van der Waals surface area contributed by atoms with E-state index in [2.05, 4.69) is 0 Å². The van der Waals surface area contributed by atoms with Crippen molar-refractivity contribution in [2.75, 3.05) is 6.54 Å². The van der Waals surface area contributed by atoms with Crippen LogP contribution in [0.25, 0.3) is 0 Å². The average Bonchev–Trinajstić information content (AvgIpc) is 2.35. The van der Waals surface area contributed by atoms with Crippen molar-refractivity contribution in [3.63, 3.8) is 0 Å². The molecule has 1 unspecified atom stereocenters. The number of carbonyl (C=O) groups excluding carboxylic acids is 1. The van der Waals surface area contributed by atoms with E-state index in [1.807, 2.05) is 0 Å². The van der Waals surface area contributed by atoms with Gasteiger partial charge in [0.15, 0.2) is 0 Å². The number of rotatable bonds is 1. The first-order chi connectivity index (χ1) is 7.96. The number of hydrogen-bond acceptors (Lipinski definition) is 4. The van der Waals surface area contributed by atoms with Gasteiger partial charge in [0.25, 0.3) is 0 Å². The predicted molar refractivity (Wildman–Crippen MR) is 64.2 cm³/mol. The van der Waals surface area contributed by atoms with Gasteiger partial charge in [0, 0.05) is 5.92 Å². The Morgan fingerprint density at radius 1 is 1.39 bits per heavy atom. The minimum Gasteiger partial charge on any atom is -0.480 e. The fourth-order valence-electron chi connectivity index (χ4n) is 2.04. The molecule has 1 rings (SSSR count). The number of ether oxygens (including phenoxy) is 1. The van der Waals surface area contributed by atoms with E-state index >= 15 is 0 Å². The summed E-state index contributed by atoms with van der Waals surface area (Å²) in [7, 11) is 0. The third-order valence-electron chi connectivity index (χ3n) is 3.16. The summed E-state index contributed by atoms with van der Waals surface area (Å²) in [5.74, 6) is -1.69. The molecule has 1 fully saturated rings. The van der Waals surface area contributed by atoms with Crippen LogP contribution >= 0.6 is 0 Å². The number of likely N-dealkylation sites (tertiary alicyclic amines) is 1. The fourth-order valence-corrected chi connectivity index (χ4v) is 2.04. The van der Waals surface area contributed by atoms with Gasteiger partial charge >= 0.3 is 12.1 Å². The molecule has 0 aliphatic carbocycles. The van der Waals surface area contributed by atoms with Crippen molar-refractivity contribution < 1.29 is 24.5 Å². The van der Waals surface area contributed by atoms with Crippen LogP contribution in [-0.4, -0.2) is 51.0 Å². The molecule has 1 amide bonds. The minimum absolute atomic E-state index is 0.0416. The van der Waals surface area contributed by atoms with E-state index in [-0.39, 0.29) is 6.54 Å². The van der Waals surface area contributed by atoms with Crippen LogP contribution in [0.5, 0.6) is 0 Å². The largest absolute Gasteiger partial charge is 0.480 e. The molecule has 6 heteroatoms. The third-order valence-corrected chi connectivity index (χ3v) is 3.16. The maximum absolute atomic E-state index is 11.9. The molecule has 0 aromatic rings. The van der Waals surface area contributed by atoms with Crippen molar-refractivity contribution in [1.82, 2.24) is 4.90 Å². The molecule has 0 saturated carbocycles. The van der Waals surface area contributed by atoms with Crippen molar-refractivity contribution in [1.29, 1.82) is 0 Å². The molecule has 2 N–H and O–H groups in total. The van der Waals surface area contributed by atoms with E-state index in [4.69, 9.17) is 4.74 Å². The molecule has 6 nitrogen and oxygen atoms in total. The Bertz CT molecular complexity index is 358. The first kappa shape index (κ1) is 14.8. The molecule has 18 heavy (non-hydrogen) atoms. The van der Waals surface area contributed by atoms with Crippen molar-refractivity contribution >= 4 is 12.1 Å². The Morgan fingerprint density at radius 3 is 2.28 bits per heavy atom. The normalized spacial score (nSPS) is 32.4. The summed E-state index contributed by atoms with van der Waals surface area (Å²) in [5.41, 5.74) is -1.92. The predicted octanol–water partition coefficient (Wildman–Crippen LogP) is 1.08. The molecule has 3 atom stereocenters. The summed E-state index contributed by atoms with van der Waals surface area (Å²) in [5, 5.41) is 19.3. The van der Waals surface area contributed by atoms with Gasteiger partial charge in [-0.2, -0.15) is 0 Å². The van der Waals surface area contributed by atoms with Gasteiger partial charge in [-0.25, -0.2) is 9.59 Å². The van der Waals surface area contributed by atoms with Crippen molar-refractivity contribution in [2.24, 2.45) is 5.92 Å². The summed E-state index contributed by atoms with van der Waals surface area (Å²) in [6, 6.07) is -1.06. The monoisotopic (exact) mass is 259 g/mol. The fraction of sp³-hybridized carbons (Fsp3) is 0.833. The quantitative estimate of drug-likeness (QED) is 0.735. The topological polar surface area (TPSA) is 87.1 Å². The lowest BCUT2D eigenvalue weighted by atomic mass is 9.90. The standard InChI is InChI=1S/C12H21NO5/c1-7-8(9(14)15)13(6-12(7,5)17)10(16)18-11(2,3)4/h7-8,17H,6H2,1-5H3,(H,14,15)/t7?,8-,12-/m0/s1. The second-order valence-electron chi connectivity index (χ2n) is 6.04. The van der Waals surface area contributed by atoms with Gasteiger partial charge in [-0.1, -0.05) is 6.92 Å². The van der Waals surface area contributed by atoms with Gasteiger partial charge in [0.05, 0.1) is 12.1 Å². The highest BCUT2D eigenvalue weighted by molar-refractivity contribution is 5.81. The molecule has 0 aromatic heterocycles. The van der Waals surface area contributed by atoms with E-state index in [0.29, 0.717) is 0 Å². The molecule has 0 bridgehead atoms. The van der Waals surface area contributed by atoms with Gasteiger partial charge in [0.1, 0.15) is 11.6 Å². The molecule has 1 aliphatic heterocycles. The number of carboxylic acids is 1. The number of nitrogens with zero attached hydrogens (tertiary/aromatic N) is 1. The Morgan fingerprint density at radius 2 is 1.89 bits per heavy atom. The number of carboxylic acid groups (broad SMARTS) is 1. The molecular formula is C12H21NO5. The molecule has 1 saturated heterocycles. The zero-order valence-electron chi connectivity index (χ0n) is 11.4. The van der Waals surface area contributed by atoms with Crippen LogP contribution in [0.4, 0.5) is 4.79 Å². The average molecular weight is 259 g/mol. The van der Waals surface area contributed by atoms with Crippen LogP contribution in [0.2, 0.25) is 0 Å². The van der Waals surface area contributed by atoms with Crippen LogP contribution in [0.15, 0.2) is 0 Å². The van der Waals surface area contributed by atoms with E-state index in [9.17, 15) is 19.8 Å². The van der Waals surface area contributed by atoms with Crippen LogP contribution in [0.3, 0.4) is 0 Å². The summed E-state index contributed by atoms with van der Waals surface area (Å²) in [6.45, 7) is 8.22. The zero-order chi connectivity index (χ0) is 14.3. The Labute approximate surface area is 107 Å². The summed E-state index contributed by atoms with van der Waals surface area (Å²) < 4.78 is 5.16. The maximum atomic E-state index is 11.9. The second-order valence-corrected chi connectivity index (χ2v) is 6.04. The van der Waals surface area contributed by atoms with Crippen LogP contribution < -0.4 is 0 Å². The Hall–Kier alpha value is -1.30. The molecule has 104 valence electrons. The number of hydrogen-bond donors (Lipinski definition) is 2. The van der Waals surface area contributed by atoms with Crippen molar-refractivity contribution in [3.8, 4) is 0 Å². The molecule has 1 aliphatic rings. The maximum Gasteiger partial charge on any atom is 0.411 e. The number of aliphatic hydroxyl groups is 1. The third kappa shape index (κ3) is 2.93. The molecular weight excluding hydrogens is 238 g/mol. The van der Waals surface area contributed by atoms with Crippen molar-refractivity contribution in [3.05, 3.63) is 0 Å². The van der Waals surface area contributed by atoms with E-state index in [1.54, 1.807) is 27.7 Å². The SMILES string of the molecule is CC1[C@@H](C(=O)O)N(C(=O)OC(C)(C)C)C[C@]1(C)O. The number of β-amino-alcohol motifs (C(OH)–C–C–N with tert-alkyl or cyclic N) is 1. The molecule has 0 spiro atoms. The molecule has 0 aromatic carbocycles. The van der Waals surface area contributed by atoms with Gasteiger partial charge < -0.3 is 14.9 Å².